The van der Waals surface area contributed by atoms with Crippen LogP contribution in [0.4, 0.5) is 0 Å². The van der Waals surface area contributed by atoms with Crippen LogP contribution in [0.3, 0.4) is 0 Å². The van der Waals surface area contributed by atoms with E-state index in [1.54, 1.807) is 0 Å². The predicted octanol–water partition coefficient (Wildman–Crippen LogP) is 6.08. The molecule has 4 aromatic carbocycles. The van der Waals surface area contributed by atoms with Gasteiger partial charge in [0.25, 0.3) is 11.9 Å². The van der Waals surface area contributed by atoms with Crippen LogP contribution in [-0.2, 0) is 28.8 Å². The fourth-order valence-electron chi connectivity index (χ4n) is 2.14. The van der Waals surface area contributed by atoms with Gasteiger partial charge in [0.15, 0.2) is 0 Å². The minimum absolute atomic E-state index is 0.120. The molecule has 0 aromatic heterocycles. The van der Waals surface area contributed by atoms with Gasteiger partial charge in [-0.2, -0.15) is 35.0 Å². The summed E-state index contributed by atoms with van der Waals surface area (Å²) in [6.07, 6.45) is 0.120. The quantitative estimate of drug-likeness (QED) is 0.248. The van der Waals surface area contributed by atoms with Crippen LogP contribution in [0.2, 0.25) is 13.1 Å². The number of carbonyl (C=O) groups is 2. The molecule has 0 aliphatic carbocycles. The first kappa shape index (κ1) is 27.5. The van der Waals surface area contributed by atoms with E-state index in [0.717, 1.165) is 13.8 Å². The van der Waals surface area contributed by atoms with Gasteiger partial charge in [-0.05, 0) is 0 Å². The van der Waals surface area contributed by atoms with Crippen LogP contribution in [0.25, 0.3) is 21.5 Å². The number of rotatable bonds is 0. The van der Waals surface area contributed by atoms with Gasteiger partial charge < -0.3 is 10.2 Å². The minimum Gasteiger partial charge on any atom is -0.168 e. The van der Waals surface area contributed by atoms with Gasteiger partial charge in [0.05, 0.1) is 0 Å². The molecule has 4 nitrogen and oxygen atoms in total. The molecule has 0 bridgehead atoms. The maximum absolute atomic E-state index is 9.00. The Kier molecular flexibility index (Phi) is 15.0. The number of hydrogen-bond donors (Lipinski definition) is 2. The third kappa shape index (κ3) is 15.5. The normalized spacial score (nSPS) is 8.73. The molecule has 0 saturated carbocycles. The number of carboxylic acids is 2. The maximum atomic E-state index is 9.00. The van der Waals surface area contributed by atoms with Gasteiger partial charge in [-0.3, -0.25) is 9.59 Å². The molecule has 0 unspecified atom stereocenters. The Balaban J connectivity index is 0.000000377. The van der Waals surface area contributed by atoms with E-state index in [9.17, 15) is 0 Å². The minimum atomic E-state index is -0.833. The Bertz CT molecular complexity index is 867. The van der Waals surface area contributed by atoms with Crippen LogP contribution >= 0.6 is 0 Å². The SMILES string of the molecule is CC(=O)O.CC(=O)O.C[Si](C)=[Ti+2].c1ccc2[cH-]ccc2c1.c1ccc2[cH-]ccc2c1. The largest absolute Gasteiger partial charge is 0.168 e. The monoisotopic (exact) mass is 456 g/mol. The summed E-state index contributed by atoms with van der Waals surface area (Å²) >= 11 is 2.27. The van der Waals surface area contributed by atoms with Crippen LogP contribution in [0.1, 0.15) is 13.8 Å². The van der Waals surface area contributed by atoms with E-state index in [1.807, 2.05) is 0 Å². The van der Waals surface area contributed by atoms with Gasteiger partial charge in [0.2, 0.25) is 0 Å². The van der Waals surface area contributed by atoms with E-state index in [2.05, 4.69) is 117 Å². The number of fused-ring (bicyclic) bond motifs is 2. The zero-order valence-corrected chi connectivity index (χ0v) is 20.4. The number of hydrogen-bond acceptors (Lipinski definition) is 2. The summed E-state index contributed by atoms with van der Waals surface area (Å²) in [5.41, 5.74) is 0. The summed E-state index contributed by atoms with van der Waals surface area (Å²) in [6.45, 7) is 6.70. The van der Waals surface area contributed by atoms with Gasteiger partial charge in [0.1, 0.15) is 0 Å². The molecule has 0 atom stereocenters. The van der Waals surface area contributed by atoms with E-state index in [-0.39, 0.29) is 6.19 Å². The average molecular weight is 456 g/mol. The van der Waals surface area contributed by atoms with Crippen molar-refractivity contribution in [3.8, 4) is 0 Å². The molecule has 0 fully saturated rings. The molecule has 2 N–H and O–H groups in total. The summed E-state index contributed by atoms with van der Waals surface area (Å²) in [5.74, 6) is -1.67. The first-order valence-corrected chi connectivity index (χ1v) is 14.1. The molecule has 4 aromatic rings. The number of carboxylic acid groups (broad SMARTS) is 2. The van der Waals surface area contributed by atoms with E-state index in [0.29, 0.717) is 0 Å². The molecule has 0 aliphatic rings. The summed E-state index contributed by atoms with van der Waals surface area (Å²) in [5, 5.41) is 20.2. The second-order valence-electron chi connectivity index (χ2n) is 6.35. The predicted molar refractivity (Wildman–Crippen MR) is 123 cm³/mol. The van der Waals surface area contributed by atoms with Crippen molar-refractivity contribution in [3.63, 3.8) is 0 Å². The van der Waals surface area contributed by atoms with Crippen molar-refractivity contribution in [1.82, 2.24) is 0 Å². The van der Waals surface area contributed by atoms with Crippen LogP contribution < -0.4 is 0 Å². The first-order valence-electron chi connectivity index (χ1n) is 9.25. The second-order valence-corrected chi connectivity index (χ2v) is 13.0. The molecule has 4 rings (SSSR count). The van der Waals surface area contributed by atoms with Crippen molar-refractivity contribution in [2.24, 2.45) is 0 Å². The maximum Gasteiger partial charge on any atom is -0.0809 e. The Morgan fingerprint density at radius 3 is 1.27 bits per heavy atom. The zero-order valence-electron chi connectivity index (χ0n) is 17.8. The van der Waals surface area contributed by atoms with Crippen molar-refractivity contribution >= 4 is 39.7 Å². The van der Waals surface area contributed by atoms with Crippen molar-refractivity contribution in [1.29, 1.82) is 0 Å². The Hall–Kier alpha value is -2.47. The molecule has 0 radical (unpaired) electrons. The summed E-state index contributed by atoms with van der Waals surface area (Å²) in [4.78, 5) is 18.0. The van der Waals surface area contributed by atoms with Gasteiger partial charge in [0, 0.05) is 13.8 Å². The molecule has 6 heteroatoms. The van der Waals surface area contributed by atoms with E-state index >= 15 is 0 Å². The van der Waals surface area contributed by atoms with Crippen molar-refractivity contribution in [2.45, 2.75) is 26.9 Å². The molecular formula is C24H28O4SiTi. The van der Waals surface area contributed by atoms with E-state index in [1.165, 1.54) is 21.5 Å². The standard InChI is InChI=1S/2C9H7.2C2H4O2.C2H6Si.Ti/c2*1-2-5-9-7-3-6-8(9)4-1;2*1-2(3)4;1-3-2;/h2*1-7H;2*1H3,(H,3,4);1-2H3;/q2*-1;;;;+2. The molecule has 30 heavy (non-hydrogen) atoms. The number of benzene rings is 2. The third-order valence-electron chi connectivity index (χ3n) is 3.10. The van der Waals surface area contributed by atoms with Crippen molar-refractivity contribution in [2.75, 3.05) is 0 Å². The smallest absolute Gasteiger partial charge is 0.0809 e. The van der Waals surface area contributed by atoms with Crippen LogP contribution in [-0.4, -0.2) is 28.3 Å². The zero-order chi connectivity index (χ0) is 22.9. The molecule has 0 aliphatic heterocycles. The van der Waals surface area contributed by atoms with Gasteiger partial charge in [-0.25, -0.2) is 0 Å². The molecular weight excluding hydrogens is 428 g/mol. The summed E-state index contributed by atoms with van der Waals surface area (Å²) in [7, 11) is 0. The molecule has 0 amide bonds. The van der Waals surface area contributed by atoms with E-state index < -0.39 is 11.9 Å². The molecule has 0 spiro atoms. The average Bonchev–Trinajstić information content (AvgIpc) is 3.30. The van der Waals surface area contributed by atoms with Crippen molar-refractivity contribution < 1.29 is 39.0 Å². The topological polar surface area (TPSA) is 74.6 Å². The molecule has 0 saturated heterocycles. The van der Waals surface area contributed by atoms with E-state index in [4.69, 9.17) is 19.8 Å². The number of aliphatic carboxylic acids is 2. The van der Waals surface area contributed by atoms with Gasteiger partial charge in [-0.1, -0.05) is 12.1 Å². The fraction of sp³-hybridized carbons (Fsp3) is 0.167. The first-order chi connectivity index (χ1) is 14.1. The van der Waals surface area contributed by atoms with Crippen molar-refractivity contribution in [3.05, 3.63) is 84.9 Å². The molecule has 0 heterocycles. The van der Waals surface area contributed by atoms with Crippen LogP contribution in [0.15, 0.2) is 84.9 Å². The molecule has 156 valence electrons. The second kappa shape index (κ2) is 16.3. The summed E-state index contributed by atoms with van der Waals surface area (Å²) in [6, 6.07) is 29.3. The van der Waals surface area contributed by atoms with Crippen LogP contribution in [0.5, 0.6) is 0 Å². The van der Waals surface area contributed by atoms with Crippen LogP contribution in [0, 0.1) is 0 Å². The summed E-state index contributed by atoms with van der Waals surface area (Å²) < 4.78 is 0. The Labute approximate surface area is 190 Å². The Morgan fingerprint density at radius 2 is 1.00 bits per heavy atom. The van der Waals surface area contributed by atoms with Gasteiger partial charge >= 0.3 is 38.5 Å². The Morgan fingerprint density at radius 1 is 0.733 bits per heavy atom. The van der Waals surface area contributed by atoms with Gasteiger partial charge in [-0.15, -0.1) is 59.3 Å². The third-order valence-corrected chi connectivity index (χ3v) is 3.10. The fourth-order valence-corrected chi connectivity index (χ4v) is 2.14.